The maximum atomic E-state index is 10.5. The van der Waals surface area contributed by atoms with Crippen molar-refractivity contribution < 1.29 is 9.84 Å². The van der Waals surface area contributed by atoms with Crippen molar-refractivity contribution in [3.63, 3.8) is 0 Å². The molecule has 1 aliphatic heterocycles. The van der Waals surface area contributed by atoms with Gasteiger partial charge in [-0.3, -0.25) is 4.90 Å². The first-order valence-electron chi connectivity index (χ1n) is 10.5. The van der Waals surface area contributed by atoms with Gasteiger partial charge in [0, 0.05) is 44.8 Å². The molecule has 158 valence electrons. The van der Waals surface area contributed by atoms with E-state index in [4.69, 9.17) is 4.74 Å². The van der Waals surface area contributed by atoms with Crippen molar-refractivity contribution in [1.29, 1.82) is 0 Å². The molecular weight excluding hydrogens is 362 g/mol. The van der Waals surface area contributed by atoms with Crippen LogP contribution in [0.15, 0.2) is 48.5 Å². The second kappa shape index (κ2) is 10.7. The van der Waals surface area contributed by atoms with E-state index < -0.39 is 6.10 Å². The topological polar surface area (TPSA) is 39.2 Å². The fraction of sp³-hybridized carbons (Fsp3) is 0.500. The number of β-amino-alcohol motifs (C(OH)–C–C–N with tert-alkyl or cyclic N) is 1. The Kier molecular flexibility index (Phi) is 8.07. The molecule has 0 aliphatic carbocycles. The first-order chi connectivity index (χ1) is 14.0. The van der Waals surface area contributed by atoms with Crippen molar-refractivity contribution in [3.8, 4) is 5.75 Å². The molecule has 1 unspecified atom stereocenters. The van der Waals surface area contributed by atoms with E-state index in [0.717, 1.165) is 50.5 Å². The zero-order chi connectivity index (χ0) is 20.6. The number of aliphatic hydroxyl groups is 1. The summed E-state index contributed by atoms with van der Waals surface area (Å²) in [5.74, 6) is 0.868. The van der Waals surface area contributed by atoms with Gasteiger partial charge in [0.1, 0.15) is 18.5 Å². The number of aliphatic hydroxyl groups excluding tert-OH is 1. The Hall–Kier alpha value is -1.92. The van der Waals surface area contributed by atoms with E-state index in [2.05, 4.69) is 66.2 Å². The first-order valence-corrected chi connectivity index (χ1v) is 10.5. The highest BCUT2D eigenvalue weighted by atomic mass is 16.5. The number of fused-ring (bicyclic) bond motifs is 1. The predicted molar refractivity (Wildman–Crippen MR) is 118 cm³/mol. The summed E-state index contributed by atoms with van der Waals surface area (Å²) < 4.78 is 6.02. The SMILES string of the molecule is CN(C)CCN(C)Cc1ccccc1OCC(O)CN1CCc2ccccc2C1. The first kappa shape index (κ1) is 21.8. The largest absolute Gasteiger partial charge is 0.491 e. The molecule has 1 heterocycles. The molecule has 0 spiro atoms. The van der Waals surface area contributed by atoms with Crippen molar-refractivity contribution in [2.75, 3.05) is 53.9 Å². The monoisotopic (exact) mass is 397 g/mol. The summed E-state index contributed by atoms with van der Waals surface area (Å²) >= 11 is 0. The fourth-order valence-corrected chi connectivity index (χ4v) is 3.76. The molecular formula is C24H35N3O2. The summed E-state index contributed by atoms with van der Waals surface area (Å²) in [4.78, 5) is 6.80. The van der Waals surface area contributed by atoms with Crippen LogP contribution < -0.4 is 4.74 Å². The third-order valence-electron chi connectivity index (χ3n) is 5.45. The Balaban J connectivity index is 1.48. The molecule has 29 heavy (non-hydrogen) atoms. The van der Waals surface area contributed by atoms with E-state index in [1.54, 1.807) is 0 Å². The number of ether oxygens (including phenoxy) is 1. The van der Waals surface area contributed by atoms with Crippen LogP contribution in [0.25, 0.3) is 0 Å². The highest BCUT2D eigenvalue weighted by Crippen LogP contribution is 2.21. The van der Waals surface area contributed by atoms with Crippen molar-refractivity contribution in [3.05, 3.63) is 65.2 Å². The molecule has 0 aromatic heterocycles. The van der Waals surface area contributed by atoms with Gasteiger partial charge in [0.15, 0.2) is 0 Å². The third kappa shape index (κ3) is 6.82. The third-order valence-corrected chi connectivity index (χ3v) is 5.45. The maximum absolute atomic E-state index is 10.5. The lowest BCUT2D eigenvalue weighted by Gasteiger charge is -2.30. The van der Waals surface area contributed by atoms with Crippen LogP contribution in [-0.4, -0.2) is 79.8 Å². The lowest BCUT2D eigenvalue weighted by molar-refractivity contribution is 0.0632. The van der Waals surface area contributed by atoms with Gasteiger partial charge < -0.3 is 19.6 Å². The molecule has 0 fully saturated rings. The van der Waals surface area contributed by atoms with Gasteiger partial charge >= 0.3 is 0 Å². The molecule has 3 rings (SSSR count). The zero-order valence-corrected chi connectivity index (χ0v) is 18.1. The summed E-state index contributed by atoms with van der Waals surface area (Å²) in [6.07, 6.45) is 0.547. The van der Waals surface area contributed by atoms with E-state index in [9.17, 15) is 5.11 Å². The van der Waals surface area contributed by atoms with E-state index in [1.807, 2.05) is 18.2 Å². The molecule has 0 saturated heterocycles. The number of nitrogens with zero attached hydrogens (tertiary/aromatic N) is 3. The van der Waals surface area contributed by atoms with E-state index >= 15 is 0 Å². The molecule has 5 nitrogen and oxygen atoms in total. The number of hydrogen-bond donors (Lipinski definition) is 1. The van der Waals surface area contributed by atoms with Crippen LogP contribution in [0.5, 0.6) is 5.75 Å². The molecule has 2 aromatic rings. The van der Waals surface area contributed by atoms with Gasteiger partial charge in [0.05, 0.1) is 0 Å². The highest BCUT2D eigenvalue weighted by molar-refractivity contribution is 5.33. The normalized spacial score (nSPS) is 15.5. The standard InChI is InChI=1S/C24H35N3O2/c1-25(2)14-15-26(3)16-22-10-6-7-11-24(22)29-19-23(28)18-27-13-12-20-8-4-5-9-21(20)17-27/h4-11,23,28H,12-19H2,1-3H3. The second-order valence-corrected chi connectivity index (χ2v) is 8.37. The second-order valence-electron chi connectivity index (χ2n) is 8.37. The summed E-state index contributed by atoms with van der Waals surface area (Å²) in [7, 11) is 6.31. The van der Waals surface area contributed by atoms with Crippen molar-refractivity contribution in [2.45, 2.75) is 25.6 Å². The summed E-state index contributed by atoms with van der Waals surface area (Å²) in [5.41, 5.74) is 3.97. The Morgan fingerprint density at radius 1 is 1.00 bits per heavy atom. The number of likely N-dealkylation sites (N-methyl/N-ethyl adjacent to an activating group) is 2. The number of para-hydroxylation sites is 1. The summed E-state index contributed by atoms with van der Waals surface area (Å²) in [6.45, 7) is 5.71. The van der Waals surface area contributed by atoms with Crippen LogP contribution in [-0.2, 0) is 19.5 Å². The molecule has 0 bridgehead atoms. The lowest BCUT2D eigenvalue weighted by Crippen LogP contribution is -2.38. The highest BCUT2D eigenvalue weighted by Gasteiger charge is 2.19. The molecule has 2 aromatic carbocycles. The lowest BCUT2D eigenvalue weighted by atomic mass is 10.00. The number of hydrogen-bond acceptors (Lipinski definition) is 5. The van der Waals surface area contributed by atoms with Crippen LogP contribution in [0, 0.1) is 0 Å². The van der Waals surface area contributed by atoms with Crippen LogP contribution in [0.2, 0.25) is 0 Å². The summed E-state index contributed by atoms with van der Waals surface area (Å²) in [5, 5.41) is 10.5. The van der Waals surface area contributed by atoms with Gasteiger partial charge in [-0.05, 0) is 44.8 Å². The van der Waals surface area contributed by atoms with Gasteiger partial charge in [-0.15, -0.1) is 0 Å². The van der Waals surface area contributed by atoms with Crippen LogP contribution in [0.4, 0.5) is 0 Å². The predicted octanol–water partition coefficient (Wildman–Crippen LogP) is 2.48. The Morgan fingerprint density at radius 2 is 1.72 bits per heavy atom. The fourth-order valence-electron chi connectivity index (χ4n) is 3.76. The van der Waals surface area contributed by atoms with Gasteiger partial charge in [-0.2, -0.15) is 0 Å². The van der Waals surface area contributed by atoms with Gasteiger partial charge in [0.2, 0.25) is 0 Å². The quantitative estimate of drug-likeness (QED) is 0.667. The van der Waals surface area contributed by atoms with E-state index in [1.165, 1.54) is 11.1 Å². The zero-order valence-electron chi connectivity index (χ0n) is 18.1. The average molecular weight is 398 g/mol. The molecule has 0 amide bonds. The minimum Gasteiger partial charge on any atom is -0.491 e. The minimum absolute atomic E-state index is 0.316. The molecule has 1 aliphatic rings. The number of benzene rings is 2. The van der Waals surface area contributed by atoms with E-state index in [0.29, 0.717) is 13.2 Å². The molecule has 1 atom stereocenters. The molecule has 5 heteroatoms. The van der Waals surface area contributed by atoms with Gasteiger partial charge in [-0.1, -0.05) is 42.5 Å². The van der Waals surface area contributed by atoms with Gasteiger partial charge in [-0.25, -0.2) is 0 Å². The molecule has 0 saturated carbocycles. The van der Waals surface area contributed by atoms with E-state index in [-0.39, 0.29) is 0 Å². The summed E-state index contributed by atoms with van der Waals surface area (Å²) in [6, 6.07) is 16.7. The smallest absolute Gasteiger partial charge is 0.123 e. The van der Waals surface area contributed by atoms with Crippen molar-refractivity contribution in [1.82, 2.24) is 14.7 Å². The van der Waals surface area contributed by atoms with Crippen LogP contribution in [0.3, 0.4) is 0 Å². The van der Waals surface area contributed by atoms with Gasteiger partial charge in [0.25, 0.3) is 0 Å². The van der Waals surface area contributed by atoms with Crippen LogP contribution in [0.1, 0.15) is 16.7 Å². The molecule has 0 radical (unpaired) electrons. The average Bonchev–Trinajstić information content (AvgIpc) is 2.71. The van der Waals surface area contributed by atoms with Crippen molar-refractivity contribution >= 4 is 0 Å². The van der Waals surface area contributed by atoms with Crippen molar-refractivity contribution in [2.24, 2.45) is 0 Å². The maximum Gasteiger partial charge on any atom is 0.123 e. The Bertz CT molecular complexity index is 765. The Labute approximate surface area is 175 Å². The minimum atomic E-state index is -0.500. The Morgan fingerprint density at radius 3 is 2.52 bits per heavy atom. The van der Waals surface area contributed by atoms with Crippen LogP contribution >= 0.6 is 0 Å². The number of rotatable bonds is 10. The molecule has 1 N–H and O–H groups in total.